The van der Waals surface area contributed by atoms with Crippen molar-refractivity contribution in [1.29, 1.82) is 0 Å². The Morgan fingerprint density at radius 1 is 1.16 bits per heavy atom. The Balaban J connectivity index is 1.47. The highest BCUT2D eigenvalue weighted by molar-refractivity contribution is 5.94. The van der Waals surface area contributed by atoms with Crippen LogP contribution in [0.4, 0.5) is 0 Å². The van der Waals surface area contributed by atoms with Crippen molar-refractivity contribution < 1.29 is 5.11 Å². The van der Waals surface area contributed by atoms with E-state index < -0.39 is 6.10 Å². The first kappa shape index (κ1) is 19.6. The van der Waals surface area contributed by atoms with Gasteiger partial charge < -0.3 is 9.67 Å². The number of aryl methyl sites for hydroxylation is 1. The predicted molar refractivity (Wildman–Crippen MR) is 122 cm³/mol. The molecule has 2 N–H and O–H groups in total. The van der Waals surface area contributed by atoms with E-state index >= 15 is 0 Å². The lowest BCUT2D eigenvalue weighted by atomic mass is 9.72. The van der Waals surface area contributed by atoms with Crippen LogP contribution in [0, 0.1) is 5.92 Å². The van der Waals surface area contributed by atoms with Crippen LogP contribution in [0.1, 0.15) is 79.7 Å². The molecular formula is C25H28N6O. The van der Waals surface area contributed by atoms with Crippen molar-refractivity contribution in [3.63, 3.8) is 0 Å². The normalized spacial score (nSPS) is 18.6. The topological polar surface area (TPSA) is 92.5 Å². The van der Waals surface area contributed by atoms with Crippen LogP contribution in [0.2, 0.25) is 0 Å². The second kappa shape index (κ2) is 7.52. The molecule has 3 aromatic heterocycles. The minimum Gasteiger partial charge on any atom is -0.387 e. The molecule has 4 aromatic rings. The number of aromatic nitrogens is 6. The van der Waals surface area contributed by atoms with Gasteiger partial charge in [0.15, 0.2) is 0 Å². The van der Waals surface area contributed by atoms with Gasteiger partial charge in [-0.05, 0) is 56.2 Å². The first-order valence-electron chi connectivity index (χ1n) is 11.6. The molecule has 164 valence electrons. The molecule has 7 nitrogen and oxygen atoms in total. The maximum Gasteiger partial charge on any atom is 0.140 e. The summed E-state index contributed by atoms with van der Waals surface area (Å²) < 4.78 is 2.04. The minimum absolute atomic E-state index is 0.234. The zero-order valence-corrected chi connectivity index (χ0v) is 18.5. The summed E-state index contributed by atoms with van der Waals surface area (Å²) in [5.41, 5.74) is 5.83. The number of hydrogen-bond donors (Lipinski definition) is 2. The fourth-order valence-electron chi connectivity index (χ4n) is 5.03. The van der Waals surface area contributed by atoms with Crippen molar-refractivity contribution in [2.24, 2.45) is 13.0 Å². The maximum atomic E-state index is 10.3. The van der Waals surface area contributed by atoms with Crippen LogP contribution in [-0.2, 0) is 7.05 Å². The van der Waals surface area contributed by atoms with Crippen molar-refractivity contribution in [2.45, 2.75) is 57.0 Å². The standard InChI is InChI=1S/C25H28N6O/c1-14(32)22-24-19(12-20(27-22)15-9-10-15)23(28-29-24)18-8-4-7-17(11-18)21(16-5-3-6-16)25-30-26-13-31(25)2/h4,7-8,11-16,21,32H,3,5-6,9-10H2,1-2H3,(H,28,29)/t14?,21-/m1/s1. The van der Waals surface area contributed by atoms with E-state index in [0.717, 1.165) is 33.7 Å². The molecule has 1 unspecified atom stereocenters. The Morgan fingerprint density at radius 2 is 2.00 bits per heavy atom. The molecule has 2 atom stereocenters. The summed E-state index contributed by atoms with van der Waals surface area (Å²) in [6.07, 6.45) is 7.21. The average molecular weight is 429 g/mol. The van der Waals surface area contributed by atoms with Crippen LogP contribution in [0.3, 0.4) is 0 Å². The summed E-state index contributed by atoms with van der Waals surface area (Å²) in [6.45, 7) is 1.77. The monoisotopic (exact) mass is 428 g/mol. The van der Waals surface area contributed by atoms with Crippen LogP contribution in [0.15, 0.2) is 36.7 Å². The summed E-state index contributed by atoms with van der Waals surface area (Å²) in [5.74, 6) is 2.36. The largest absolute Gasteiger partial charge is 0.387 e. The quantitative estimate of drug-likeness (QED) is 0.468. The van der Waals surface area contributed by atoms with Gasteiger partial charge in [0.1, 0.15) is 17.8 Å². The second-order valence-corrected chi connectivity index (χ2v) is 9.47. The third-order valence-electron chi connectivity index (χ3n) is 7.16. The van der Waals surface area contributed by atoms with Gasteiger partial charge >= 0.3 is 0 Å². The molecule has 1 aromatic carbocycles. The zero-order chi connectivity index (χ0) is 21.8. The molecule has 7 heteroatoms. The number of nitrogens with one attached hydrogen (secondary N) is 1. The number of fused-ring (bicyclic) bond motifs is 1. The van der Waals surface area contributed by atoms with Crippen molar-refractivity contribution in [2.75, 3.05) is 0 Å². The molecule has 3 heterocycles. The van der Waals surface area contributed by atoms with Crippen molar-refractivity contribution >= 4 is 10.9 Å². The number of nitrogens with zero attached hydrogens (tertiary/aromatic N) is 5. The first-order valence-corrected chi connectivity index (χ1v) is 11.6. The number of H-pyrrole nitrogens is 1. The molecule has 2 aliphatic rings. The lowest BCUT2D eigenvalue weighted by molar-refractivity contribution is 0.195. The van der Waals surface area contributed by atoms with Crippen LogP contribution >= 0.6 is 0 Å². The molecule has 0 bridgehead atoms. The van der Waals surface area contributed by atoms with Crippen molar-refractivity contribution in [3.05, 3.63) is 59.4 Å². The Kier molecular flexibility index (Phi) is 4.61. The molecule has 2 aliphatic carbocycles. The highest BCUT2D eigenvalue weighted by atomic mass is 16.3. The van der Waals surface area contributed by atoms with Crippen LogP contribution in [0.5, 0.6) is 0 Å². The molecule has 0 aliphatic heterocycles. The van der Waals surface area contributed by atoms with Gasteiger partial charge in [-0.1, -0.05) is 24.6 Å². The molecule has 0 radical (unpaired) electrons. The van der Waals surface area contributed by atoms with Gasteiger partial charge in [0.05, 0.1) is 17.3 Å². The first-order chi connectivity index (χ1) is 15.6. The number of pyridine rings is 1. The van der Waals surface area contributed by atoms with Gasteiger partial charge in [-0.3, -0.25) is 10.1 Å². The van der Waals surface area contributed by atoms with Gasteiger partial charge in [0.2, 0.25) is 0 Å². The number of rotatable bonds is 6. The lowest BCUT2D eigenvalue weighted by Gasteiger charge is -2.33. The zero-order valence-electron chi connectivity index (χ0n) is 18.5. The summed E-state index contributed by atoms with van der Waals surface area (Å²) >= 11 is 0. The molecule has 0 saturated heterocycles. The Hall–Kier alpha value is -3.06. The van der Waals surface area contributed by atoms with E-state index in [0.29, 0.717) is 17.5 Å². The van der Waals surface area contributed by atoms with Gasteiger partial charge in [-0.25, -0.2) is 0 Å². The lowest BCUT2D eigenvalue weighted by Crippen LogP contribution is -2.24. The third kappa shape index (κ3) is 3.23. The van der Waals surface area contributed by atoms with Crippen LogP contribution in [-0.4, -0.2) is 35.1 Å². The smallest absolute Gasteiger partial charge is 0.140 e. The highest BCUT2D eigenvalue weighted by Gasteiger charge is 2.33. The molecular weight excluding hydrogens is 400 g/mol. The van der Waals surface area contributed by atoms with E-state index in [-0.39, 0.29) is 5.92 Å². The number of aromatic amines is 1. The molecule has 2 saturated carbocycles. The maximum absolute atomic E-state index is 10.3. The van der Waals surface area contributed by atoms with E-state index in [9.17, 15) is 5.11 Å². The number of benzene rings is 1. The van der Waals surface area contributed by atoms with Gasteiger partial charge in [-0.15, -0.1) is 10.2 Å². The Bertz CT molecular complexity index is 1280. The van der Waals surface area contributed by atoms with Gasteiger partial charge in [0.25, 0.3) is 0 Å². The summed E-state index contributed by atoms with van der Waals surface area (Å²) in [5, 5.41) is 27.8. The molecule has 0 spiro atoms. The Morgan fingerprint density at radius 3 is 2.66 bits per heavy atom. The van der Waals surface area contributed by atoms with Gasteiger partial charge in [-0.2, -0.15) is 5.10 Å². The summed E-state index contributed by atoms with van der Waals surface area (Å²) in [6, 6.07) is 10.9. The molecule has 32 heavy (non-hydrogen) atoms. The van der Waals surface area contributed by atoms with Crippen LogP contribution in [0.25, 0.3) is 22.2 Å². The van der Waals surface area contributed by atoms with E-state index in [2.05, 4.69) is 50.7 Å². The van der Waals surface area contributed by atoms with Gasteiger partial charge in [0, 0.05) is 35.5 Å². The Labute approximate surface area is 186 Å². The summed E-state index contributed by atoms with van der Waals surface area (Å²) in [7, 11) is 2.02. The van der Waals surface area contributed by atoms with Crippen molar-refractivity contribution in [3.8, 4) is 11.3 Å². The second-order valence-electron chi connectivity index (χ2n) is 9.47. The van der Waals surface area contributed by atoms with Crippen molar-refractivity contribution in [1.82, 2.24) is 29.9 Å². The third-order valence-corrected chi connectivity index (χ3v) is 7.16. The SMILES string of the molecule is CC(O)c1nc(C2CC2)cc2c(-c3cccc([C@H](c4nncn4C)C4CCC4)c3)n[nH]c12. The number of hydrogen-bond acceptors (Lipinski definition) is 5. The molecule has 0 amide bonds. The van der Waals surface area contributed by atoms with E-state index in [1.54, 1.807) is 13.3 Å². The fourth-order valence-corrected chi connectivity index (χ4v) is 5.03. The molecule has 2 fully saturated rings. The highest BCUT2D eigenvalue weighted by Crippen LogP contribution is 2.44. The molecule has 6 rings (SSSR count). The van der Waals surface area contributed by atoms with E-state index in [1.165, 1.54) is 37.7 Å². The summed E-state index contributed by atoms with van der Waals surface area (Å²) in [4.78, 5) is 4.76. The number of aliphatic hydroxyl groups excluding tert-OH is 1. The van der Waals surface area contributed by atoms with E-state index in [4.69, 9.17) is 4.98 Å². The fraction of sp³-hybridized carbons (Fsp3) is 0.440. The minimum atomic E-state index is -0.644. The van der Waals surface area contributed by atoms with Crippen LogP contribution < -0.4 is 0 Å². The average Bonchev–Trinajstić information content (AvgIpc) is 3.39. The number of aliphatic hydroxyl groups is 1. The predicted octanol–water partition coefficient (Wildman–Crippen LogP) is 4.62. The van der Waals surface area contributed by atoms with E-state index in [1.807, 2.05) is 11.6 Å².